The van der Waals surface area contributed by atoms with Crippen LogP contribution in [0.15, 0.2) is 30.3 Å². The Kier molecular flexibility index (Phi) is 4.10. The number of rotatable bonds is 3. The van der Waals surface area contributed by atoms with Gasteiger partial charge in [0.25, 0.3) is 0 Å². The van der Waals surface area contributed by atoms with Crippen molar-refractivity contribution in [3.63, 3.8) is 0 Å². The first-order valence-corrected chi connectivity index (χ1v) is 6.07. The number of ether oxygens (including phenoxy) is 1. The molecule has 1 aliphatic heterocycles. The Morgan fingerprint density at radius 1 is 1.39 bits per heavy atom. The van der Waals surface area contributed by atoms with Crippen molar-refractivity contribution in [2.45, 2.75) is 13.0 Å². The van der Waals surface area contributed by atoms with Crippen LogP contribution < -0.4 is 0 Å². The van der Waals surface area contributed by atoms with Gasteiger partial charge < -0.3 is 4.74 Å². The normalized spacial score (nSPS) is 20.7. The predicted octanol–water partition coefficient (Wildman–Crippen LogP) is 1.25. The molecule has 0 radical (unpaired) electrons. The zero-order valence-corrected chi connectivity index (χ0v) is 10.5. The van der Waals surface area contributed by atoms with Gasteiger partial charge in [0.05, 0.1) is 7.11 Å². The molecule has 1 aliphatic rings. The van der Waals surface area contributed by atoms with Gasteiger partial charge in [-0.2, -0.15) is 0 Å². The minimum atomic E-state index is -0.618. The van der Waals surface area contributed by atoms with E-state index < -0.39 is 11.9 Å². The van der Waals surface area contributed by atoms with E-state index in [1.54, 1.807) is 0 Å². The summed E-state index contributed by atoms with van der Waals surface area (Å²) in [6, 6.07) is 10.0. The van der Waals surface area contributed by atoms with Crippen molar-refractivity contribution < 1.29 is 14.3 Å². The van der Waals surface area contributed by atoms with Gasteiger partial charge in [-0.25, -0.2) is 0 Å². The number of piperidine rings is 1. The third-order valence-electron chi connectivity index (χ3n) is 3.24. The summed E-state index contributed by atoms with van der Waals surface area (Å²) >= 11 is 0. The molecule has 0 N–H and O–H groups in total. The predicted molar refractivity (Wildman–Crippen MR) is 66.8 cm³/mol. The molecule has 1 aromatic carbocycles. The number of benzene rings is 1. The van der Waals surface area contributed by atoms with E-state index in [1.165, 1.54) is 12.7 Å². The Balaban J connectivity index is 1.99. The van der Waals surface area contributed by atoms with Crippen LogP contribution in [0, 0.1) is 5.92 Å². The van der Waals surface area contributed by atoms with Crippen LogP contribution in [0.2, 0.25) is 0 Å². The summed E-state index contributed by atoms with van der Waals surface area (Å²) in [5.74, 6) is -1.05. The highest BCUT2D eigenvalue weighted by Crippen LogP contribution is 2.16. The monoisotopic (exact) mass is 247 g/mol. The summed E-state index contributed by atoms with van der Waals surface area (Å²) in [5.41, 5.74) is 1.19. The van der Waals surface area contributed by atoms with Crippen LogP contribution >= 0.6 is 0 Å². The maximum Gasteiger partial charge on any atom is 0.317 e. The second-order valence-corrected chi connectivity index (χ2v) is 4.51. The number of Topliss-reactive ketones (excluding diaryl/α,β-unsaturated/α-hetero) is 1. The summed E-state index contributed by atoms with van der Waals surface area (Å²) < 4.78 is 4.67. The third kappa shape index (κ3) is 2.96. The lowest BCUT2D eigenvalue weighted by Gasteiger charge is -2.30. The number of hydrogen-bond acceptors (Lipinski definition) is 4. The molecule has 18 heavy (non-hydrogen) atoms. The zero-order chi connectivity index (χ0) is 13.0. The topological polar surface area (TPSA) is 46.6 Å². The maximum absolute atomic E-state index is 11.7. The van der Waals surface area contributed by atoms with Crippen LogP contribution in [-0.4, -0.2) is 36.9 Å². The number of likely N-dealkylation sites (tertiary alicyclic amines) is 1. The zero-order valence-electron chi connectivity index (χ0n) is 10.5. The average Bonchev–Trinajstić information content (AvgIpc) is 2.41. The molecule has 0 aromatic heterocycles. The van der Waals surface area contributed by atoms with Crippen molar-refractivity contribution in [1.29, 1.82) is 0 Å². The van der Waals surface area contributed by atoms with Crippen molar-refractivity contribution in [2.75, 3.05) is 20.2 Å². The molecular weight excluding hydrogens is 230 g/mol. The molecule has 1 atom stereocenters. The van der Waals surface area contributed by atoms with E-state index in [0.29, 0.717) is 19.5 Å². The molecule has 0 bridgehead atoms. The molecule has 0 unspecified atom stereocenters. The molecule has 96 valence electrons. The van der Waals surface area contributed by atoms with E-state index >= 15 is 0 Å². The SMILES string of the molecule is COC(=O)[C@@H]1CN(Cc2ccccc2)CCC1=O. The van der Waals surface area contributed by atoms with Crippen LogP contribution in [0.1, 0.15) is 12.0 Å². The molecular formula is C14H17NO3. The largest absolute Gasteiger partial charge is 0.468 e. The fourth-order valence-electron chi connectivity index (χ4n) is 2.23. The molecule has 1 fully saturated rings. The Morgan fingerprint density at radius 2 is 2.11 bits per heavy atom. The van der Waals surface area contributed by atoms with E-state index in [2.05, 4.69) is 9.64 Å². The van der Waals surface area contributed by atoms with Crippen LogP contribution in [0.5, 0.6) is 0 Å². The summed E-state index contributed by atoms with van der Waals surface area (Å²) in [7, 11) is 1.33. The van der Waals surface area contributed by atoms with Crippen LogP contribution in [-0.2, 0) is 20.9 Å². The van der Waals surface area contributed by atoms with E-state index in [1.807, 2.05) is 30.3 Å². The quantitative estimate of drug-likeness (QED) is 0.596. The standard InChI is InChI=1S/C14H17NO3/c1-18-14(17)12-10-15(8-7-13(12)16)9-11-5-3-2-4-6-11/h2-6,12H,7-10H2,1H3/t12-/m1/s1. The Hall–Kier alpha value is -1.68. The van der Waals surface area contributed by atoms with E-state index in [0.717, 1.165) is 6.54 Å². The highest BCUT2D eigenvalue weighted by atomic mass is 16.5. The van der Waals surface area contributed by atoms with Gasteiger partial charge >= 0.3 is 5.97 Å². The third-order valence-corrected chi connectivity index (χ3v) is 3.24. The first kappa shape index (κ1) is 12.8. The number of esters is 1. The van der Waals surface area contributed by atoms with Gasteiger partial charge in [-0.05, 0) is 5.56 Å². The number of carbonyl (C=O) groups is 2. The summed E-state index contributed by atoms with van der Waals surface area (Å²) in [6.07, 6.45) is 0.423. The lowest BCUT2D eigenvalue weighted by molar-refractivity contribution is -0.152. The number of hydrogen-bond donors (Lipinski definition) is 0. The molecule has 0 spiro atoms. The second kappa shape index (κ2) is 5.78. The first-order chi connectivity index (χ1) is 8.70. The minimum absolute atomic E-state index is 0.00818. The van der Waals surface area contributed by atoms with Gasteiger partial charge in [0.15, 0.2) is 0 Å². The Morgan fingerprint density at radius 3 is 2.78 bits per heavy atom. The molecule has 0 aliphatic carbocycles. The average molecular weight is 247 g/mol. The van der Waals surface area contributed by atoms with Crippen molar-refractivity contribution in [2.24, 2.45) is 5.92 Å². The smallest absolute Gasteiger partial charge is 0.317 e. The fourth-order valence-corrected chi connectivity index (χ4v) is 2.23. The number of ketones is 1. The molecule has 4 nitrogen and oxygen atoms in total. The van der Waals surface area contributed by atoms with Crippen molar-refractivity contribution in [3.8, 4) is 0 Å². The lowest BCUT2D eigenvalue weighted by Crippen LogP contribution is -2.44. The first-order valence-electron chi connectivity index (χ1n) is 6.07. The van der Waals surface area contributed by atoms with Gasteiger partial charge in [0.2, 0.25) is 0 Å². The van der Waals surface area contributed by atoms with Crippen molar-refractivity contribution >= 4 is 11.8 Å². The molecule has 2 rings (SSSR count). The van der Waals surface area contributed by atoms with Gasteiger partial charge in [-0.15, -0.1) is 0 Å². The molecule has 0 saturated carbocycles. The molecule has 4 heteroatoms. The van der Waals surface area contributed by atoms with Gasteiger partial charge in [0, 0.05) is 26.1 Å². The van der Waals surface area contributed by atoms with Gasteiger partial charge in [-0.3, -0.25) is 14.5 Å². The fraction of sp³-hybridized carbons (Fsp3) is 0.429. The number of methoxy groups -OCH3 is 1. The molecule has 1 heterocycles. The number of nitrogens with zero attached hydrogens (tertiary/aromatic N) is 1. The van der Waals surface area contributed by atoms with E-state index in [4.69, 9.17) is 0 Å². The summed E-state index contributed by atoms with van der Waals surface area (Å²) in [6.45, 7) is 1.93. The summed E-state index contributed by atoms with van der Waals surface area (Å²) in [5, 5.41) is 0. The van der Waals surface area contributed by atoms with Gasteiger partial charge in [-0.1, -0.05) is 30.3 Å². The molecule has 0 amide bonds. The van der Waals surface area contributed by atoms with E-state index in [-0.39, 0.29) is 5.78 Å². The minimum Gasteiger partial charge on any atom is -0.468 e. The number of carbonyl (C=O) groups excluding carboxylic acids is 2. The highest BCUT2D eigenvalue weighted by Gasteiger charge is 2.33. The van der Waals surface area contributed by atoms with Crippen LogP contribution in [0.4, 0.5) is 0 Å². The highest BCUT2D eigenvalue weighted by molar-refractivity contribution is 5.99. The van der Waals surface area contributed by atoms with Crippen LogP contribution in [0.25, 0.3) is 0 Å². The Labute approximate surface area is 107 Å². The molecule has 1 saturated heterocycles. The van der Waals surface area contributed by atoms with E-state index in [9.17, 15) is 9.59 Å². The van der Waals surface area contributed by atoms with Crippen molar-refractivity contribution in [3.05, 3.63) is 35.9 Å². The summed E-state index contributed by atoms with van der Waals surface area (Å²) in [4.78, 5) is 25.3. The van der Waals surface area contributed by atoms with Crippen molar-refractivity contribution in [1.82, 2.24) is 4.90 Å². The van der Waals surface area contributed by atoms with Crippen LogP contribution in [0.3, 0.4) is 0 Å². The second-order valence-electron chi connectivity index (χ2n) is 4.51. The van der Waals surface area contributed by atoms with Gasteiger partial charge in [0.1, 0.15) is 11.7 Å². The maximum atomic E-state index is 11.7. The lowest BCUT2D eigenvalue weighted by atomic mass is 9.96. The Bertz CT molecular complexity index is 422. The molecule has 1 aromatic rings.